The van der Waals surface area contributed by atoms with Gasteiger partial charge in [-0.2, -0.15) is 0 Å². The third kappa shape index (κ3) is 3.00. The van der Waals surface area contributed by atoms with E-state index in [1.165, 1.54) is 16.7 Å². The summed E-state index contributed by atoms with van der Waals surface area (Å²) < 4.78 is 1.06. The van der Waals surface area contributed by atoms with Crippen molar-refractivity contribution in [2.24, 2.45) is 0 Å². The molecule has 3 aromatic rings. The average molecular weight is 428 g/mol. The third-order valence-electron chi connectivity index (χ3n) is 3.54. The Kier molecular flexibility index (Phi) is 4.34. The van der Waals surface area contributed by atoms with Crippen molar-refractivity contribution in [2.45, 2.75) is 39.5 Å². The van der Waals surface area contributed by atoms with Crippen LogP contribution in [0.1, 0.15) is 50.7 Å². The van der Waals surface area contributed by atoms with Gasteiger partial charge in [0.05, 0.1) is 0 Å². The number of halogens is 1. The van der Waals surface area contributed by atoms with Gasteiger partial charge in [-0.3, -0.25) is 0 Å². The van der Waals surface area contributed by atoms with Gasteiger partial charge in [-0.05, 0) is 45.6 Å². The SMILES string of the molecule is CC(C)c1ccc(-c2nc3sc(I)nc3s2)c(C(C)C)c1. The van der Waals surface area contributed by atoms with Crippen LogP contribution in [0.2, 0.25) is 0 Å². The molecule has 2 heterocycles. The van der Waals surface area contributed by atoms with Gasteiger partial charge >= 0.3 is 0 Å². The maximum atomic E-state index is 4.79. The maximum absolute atomic E-state index is 4.79. The van der Waals surface area contributed by atoms with Gasteiger partial charge in [0.25, 0.3) is 0 Å². The summed E-state index contributed by atoms with van der Waals surface area (Å²) in [6, 6.07) is 6.81. The van der Waals surface area contributed by atoms with E-state index in [9.17, 15) is 0 Å². The molecule has 2 nitrogen and oxygen atoms in total. The van der Waals surface area contributed by atoms with Crippen LogP contribution in [0.15, 0.2) is 18.2 Å². The molecule has 2 aromatic heterocycles. The summed E-state index contributed by atoms with van der Waals surface area (Å²) in [5.74, 6) is 1.05. The number of nitrogens with zero attached hydrogens (tertiary/aromatic N) is 2. The van der Waals surface area contributed by atoms with E-state index in [-0.39, 0.29) is 0 Å². The number of thiazole rings is 2. The Morgan fingerprint density at radius 3 is 2.29 bits per heavy atom. The molecule has 0 saturated heterocycles. The van der Waals surface area contributed by atoms with Gasteiger partial charge in [-0.25, -0.2) is 9.97 Å². The lowest BCUT2D eigenvalue weighted by Crippen LogP contribution is -1.96. The van der Waals surface area contributed by atoms with Crippen molar-refractivity contribution in [1.29, 1.82) is 0 Å². The topological polar surface area (TPSA) is 25.8 Å². The van der Waals surface area contributed by atoms with E-state index in [1.807, 2.05) is 0 Å². The fourth-order valence-electron chi connectivity index (χ4n) is 2.35. The first-order valence-electron chi connectivity index (χ1n) is 7.02. The minimum atomic E-state index is 0.494. The smallest absolute Gasteiger partial charge is 0.157 e. The van der Waals surface area contributed by atoms with E-state index in [0.29, 0.717) is 11.8 Å². The summed E-state index contributed by atoms with van der Waals surface area (Å²) in [5, 5.41) is 1.10. The number of fused-ring (bicyclic) bond motifs is 1. The van der Waals surface area contributed by atoms with Crippen LogP contribution in [0.5, 0.6) is 0 Å². The van der Waals surface area contributed by atoms with Gasteiger partial charge in [0.2, 0.25) is 0 Å². The van der Waals surface area contributed by atoms with Crippen molar-refractivity contribution < 1.29 is 0 Å². The van der Waals surface area contributed by atoms with E-state index in [0.717, 1.165) is 17.7 Å². The predicted octanol–water partition coefficient (Wildman–Crippen LogP) is 6.27. The van der Waals surface area contributed by atoms with E-state index in [2.05, 4.69) is 73.5 Å². The Balaban J connectivity index is 2.13. The highest BCUT2D eigenvalue weighted by Crippen LogP contribution is 2.37. The molecule has 1 aromatic carbocycles. The fraction of sp³-hybridized carbons (Fsp3) is 0.375. The number of hydrogen-bond donors (Lipinski definition) is 0. The van der Waals surface area contributed by atoms with E-state index in [4.69, 9.17) is 4.98 Å². The molecule has 3 rings (SSSR count). The first kappa shape index (κ1) is 15.4. The van der Waals surface area contributed by atoms with Gasteiger partial charge in [-0.1, -0.05) is 68.6 Å². The summed E-state index contributed by atoms with van der Waals surface area (Å²) in [6.07, 6.45) is 0. The second kappa shape index (κ2) is 5.93. The molecule has 0 aliphatic rings. The Labute approximate surface area is 146 Å². The molecule has 110 valence electrons. The third-order valence-corrected chi connectivity index (χ3v) is 6.30. The van der Waals surface area contributed by atoms with Crippen LogP contribution in [-0.4, -0.2) is 9.97 Å². The lowest BCUT2D eigenvalue weighted by Gasteiger charge is -2.15. The normalized spacial score (nSPS) is 12.0. The second-order valence-corrected chi connectivity index (χ2v) is 9.46. The van der Waals surface area contributed by atoms with Crippen LogP contribution in [0.25, 0.3) is 20.2 Å². The van der Waals surface area contributed by atoms with Gasteiger partial charge in [0.1, 0.15) is 5.01 Å². The molecule has 0 atom stereocenters. The van der Waals surface area contributed by atoms with Gasteiger partial charge in [0.15, 0.2) is 12.7 Å². The molecule has 0 fully saturated rings. The minimum Gasteiger partial charge on any atom is -0.223 e. The largest absolute Gasteiger partial charge is 0.223 e. The first-order valence-corrected chi connectivity index (χ1v) is 9.74. The van der Waals surface area contributed by atoms with Crippen LogP contribution in [-0.2, 0) is 0 Å². The summed E-state index contributed by atoms with van der Waals surface area (Å²) in [7, 11) is 0. The zero-order valence-corrected chi connectivity index (χ0v) is 16.3. The Hall–Kier alpha value is -0.530. The molecular weight excluding hydrogens is 411 g/mol. The predicted molar refractivity (Wildman–Crippen MR) is 102 cm³/mol. The van der Waals surface area contributed by atoms with Crippen molar-refractivity contribution in [3.63, 3.8) is 0 Å². The monoisotopic (exact) mass is 428 g/mol. The van der Waals surface area contributed by atoms with E-state index in [1.54, 1.807) is 22.7 Å². The van der Waals surface area contributed by atoms with Crippen molar-refractivity contribution in [3.05, 3.63) is 32.3 Å². The highest BCUT2D eigenvalue weighted by Gasteiger charge is 2.16. The Morgan fingerprint density at radius 1 is 0.952 bits per heavy atom. The first-order chi connectivity index (χ1) is 9.95. The summed E-state index contributed by atoms with van der Waals surface area (Å²) >= 11 is 5.62. The Morgan fingerprint density at radius 2 is 1.67 bits per heavy atom. The standard InChI is InChI=1S/C16H17IN2S2/c1-8(2)10-5-6-11(12(7-10)9(3)4)13-18-14-15(20-13)19-16(17)21-14/h5-9H,1-4H3. The van der Waals surface area contributed by atoms with Crippen LogP contribution in [0.3, 0.4) is 0 Å². The molecule has 0 radical (unpaired) electrons. The molecule has 0 aliphatic carbocycles. The summed E-state index contributed by atoms with van der Waals surface area (Å²) in [4.78, 5) is 11.4. The number of hydrogen-bond acceptors (Lipinski definition) is 4. The molecule has 0 N–H and O–H groups in total. The van der Waals surface area contributed by atoms with Crippen molar-refractivity contribution in [1.82, 2.24) is 9.97 Å². The maximum Gasteiger partial charge on any atom is 0.157 e. The fourth-order valence-corrected chi connectivity index (χ4v) is 5.19. The molecule has 0 aliphatic heterocycles. The summed E-state index contributed by atoms with van der Waals surface area (Å²) in [5.41, 5.74) is 4.05. The molecule has 0 amide bonds. The van der Waals surface area contributed by atoms with Gasteiger partial charge in [0, 0.05) is 5.56 Å². The molecule has 21 heavy (non-hydrogen) atoms. The summed E-state index contributed by atoms with van der Waals surface area (Å²) in [6.45, 7) is 8.98. The van der Waals surface area contributed by atoms with E-state index < -0.39 is 0 Å². The highest BCUT2D eigenvalue weighted by atomic mass is 127. The number of aromatic nitrogens is 2. The molecule has 5 heteroatoms. The van der Waals surface area contributed by atoms with Gasteiger partial charge < -0.3 is 0 Å². The quantitative estimate of drug-likeness (QED) is 0.460. The number of rotatable bonds is 3. The van der Waals surface area contributed by atoms with Crippen molar-refractivity contribution in [3.8, 4) is 10.6 Å². The lowest BCUT2D eigenvalue weighted by molar-refractivity contribution is 0.835. The van der Waals surface area contributed by atoms with Crippen LogP contribution in [0, 0.1) is 3.01 Å². The van der Waals surface area contributed by atoms with Crippen LogP contribution >= 0.6 is 45.3 Å². The number of benzene rings is 1. The van der Waals surface area contributed by atoms with Crippen LogP contribution < -0.4 is 0 Å². The minimum absolute atomic E-state index is 0.494. The second-order valence-electron chi connectivity index (χ2n) is 5.75. The zero-order valence-electron chi connectivity index (χ0n) is 12.5. The highest BCUT2D eigenvalue weighted by molar-refractivity contribution is 14.1. The average Bonchev–Trinajstić information content (AvgIpc) is 2.94. The van der Waals surface area contributed by atoms with Crippen molar-refractivity contribution >= 4 is 54.9 Å². The lowest BCUT2D eigenvalue weighted by atomic mass is 9.92. The zero-order chi connectivity index (χ0) is 15.1. The molecule has 0 spiro atoms. The van der Waals surface area contributed by atoms with Crippen LogP contribution in [0.4, 0.5) is 0 Å². The Bertz CT molecular complexity index is 755. The van der Waals surface area contributed by atoms with Gasteiger partial charge in [-0.15, -0.1) is 0 Å². The van der Waals surface area contributed by atoms with Crippen molar-refractivity contribution in [2.75, 3.05) is 0 Å². The van der Waals surface area contributed by atoms with E-state index >= 15 is 0 Å². The molecule has 0 bridgehead atoms. The molecule has 0 saturated carbocycles. The molecule has 0 unspecified atom stereocenters. The molecular formula is C16H17IN2S2.